The lowest BCUT2D eigenvalue weighted by molar-refractivity contribution is -0.123. The van der Waals surface area contributed by atoms with Crippen LogP contribution in [0, 0.1) is 0 Å². The van der Waals surface area contributed by atoms with E-state index in [0.29, 0.717) is 18.4 Å². The van der Waals surface area contributed by atoms with E-state index in [0.717, 1.165) is 6.42 Å². The van der Waals surface area contributed by atoms with Crippen LogP contribution in [0.15, 0.2) is 12.4 Å². The lowest BCUT2D eigenvalue weighted by Gasteiger charge is -2.42. The SMILES string of the molecule is CC(=O)C1CCCC2C(=O)c3cnncc3C(=O)N12. The van der Waals surface area contributed by atoms with Crippen LogP contribution < -0.4 is 0 Å². The molecule has 0 bridgehead atoms. The summed E-state index contributed by atoms with van der Waals surface area (Å²) in [5, 5.41) is 7.32. The molecule has 2 aliphatic heterocycles. The van der Waals surface area contributed by atoms with Crippen molar-refractivity contribution in [3.63, 3.8) is 0 Å². The van der Waals surface area contributed by atoms with Gasteiger partial charge >= 0.3 is 0 Å². The molecular weight excluding hydrogens is 246 g/mol. The Morgan fingerprint density at radius 3 is 2.58 bits per heavy atom. The Morgan fingerprint density at radius 2 is 1.89 bits per heavy atom. The number of hydrogen-bond acceptors (Lipinski definition) is 5. The zero-order valence-corrected chi connectivity index (χ0v) is 10.5. The average molecular weight is 259 g/mol. The summed E-state index contributed by atoms with van der Waals surface area (Å²) in [6.45, 7) is 1.46. The molecule has 1 amide bonds. The second-order valence-corrected chi connectivity index (χ2v) is 4.97. The number of fused-ring (bicyclic) bond motifs is 2. The highest BCUT2D eigenvalue weighted by molar-refractivity contribution is 6.15. The predicted octanol–water partition coefficient (Wildman–Crippen LogP) is 0.625. The second kappa shape index (κ2) is 4.22. The minimum absolute atomic E-state index is 0.0729. The quantitative estimate of drug-likeness (QED) is 0.738. The van der Waals surface area contributed by atoms with Gasteiger partial charge in [0.05, 0.1) is 35.6 Å². The third-order valence-electron chi connectivity index (χ3n) is 3.86. The van der Waals surface area contributed by atoms with Crippen molar-refractivity contribution in [3.8, 4) is 0 Å². The molecule has 6 nitrogen and oxygen atoms in total. The summed E-state index contributed by atoms with van der Waals surface area (Å²) in [5.41, 5.74) is 0.579. The first kappa shape index (κ1) is 12.0. The number of carbonyl (C=O) groups excluding carboxylic acids is 3. The second-order valence-electron chi connectivity index (χ2n) is 4.97. The molecule has 1 aromatic heterocycles. The zero-order valence-electron chi connectivity index (χ0n) is 10.5. The maximum atomic E-state index is 12.5. The van der Waals surface area contributed by atoms with Crippen molar-refractivity contribution in [1.29, 1.82) is 0 Å². The van der Waals surface area contributed by atoms with Crippen LogP contribution in [0.3, 0.4) is 0 Å². The average Bonchev–Trinajstić information content (AvgIpc) is 2.44. The fourth-order valence-electron chi connectivity index (χ4n) is 2.95. The number of hydrogen-bond donors (Lipinski definition) is 0. The fourth-order valence-corrected chi connectivity index (χ4v) is 2.95. The van der Waals surface area contributed by atoms with Crippen LogP contribution in [0.5, 0.6) is 0 Å². The van der Waals surface area contributed by atoms with Crippen molar-refractivity contribution in [1.82, 2.24) is 15.1 Å². The molecule has 19 heavy (non-hydrogen) atoms. The number of Topliss-reactive ketones (excluding diaryl/α,β-unsaturated/α-hetero) is 2. The lowest BCUT2D eigenvalue weighted by Crippen LogP contribution is -2.58. The Bertz CT molecular complexity index is 584. The first-order valence-electron chi connectivity index (χ1n) is 6.29. The molecular formula is C13H13N3O3. The number of piperidine rings is 1. The summed E-state index contributed by atoms with van der Waals surface area (Å²) in [6.07, 6.45) is 4.65. The molecule has 98 valence electrons. The molecule has 1 aromatic rings. The number of ketones is 2. The van der Waals surface area contributed by atoms with E-state index in [4.69, 9.17) is 0 Å². The largest absolute Gasteiger partial charge is 0.318 e. The maximum Gasteiger partial charge on any atom is 0.257 e. The van der Waals surface area contributed by atoms with Crippen molar-refractivity contribution >= 4 is 17.5 Å². The highest BCUT2D eigenvalue weighted by atomic mass is 16.2. The van der Waals surface area contributed by atoms with Gasteiger partial charge in [-0.25, -0.2) is 0 Å². The smallest absolute Gasteiger partial charge is 0.257 e. The number of aromatic nitrogens is 2. The first-order valence-corrected chi connectivity index (χ1v) is 6.29. The Kier molecular flexibility index (Phi) is 2.66. The Hall–Kier alpha value is -2.11. The lowest BCUT2D eigenvalue weighted by atomic mass is 9.84. The summed E-state index contributed by atoms with van der Waals surface area (Å²) < 4.78 is 0. The standard InChI is InChI=1S/C13H13N3O3/c1-7(17)10-3-2-4-11-12(18)8-5-14-15-6-9(8)13(19)16(10)11/h5-6,10-11H,2-4H2,1H3. The molecule has 0 radical (unpaired) electrons. The highest BCUT2D eigenvalue weighted by Gasteiger charge is 2.45. The van der Waals surface area contributed by atoms with Crippen LogP contribution in [-0.2, 0) is 4.79 Å². The summed E-state index contributed by atoms with van der Waals surface area (Å²) in [7, 11) is 0. The molecule has 3 rings (SSSR count). The van der Waals surface area contributed by atoms with Crippen molar-refractivity contribution < 1.29 is 14.4 Å². The molecule has 0 N–H and O–H groups in total. The van der Waals surface area contributed by atoms with E-state index in [9.17, 15) is 14.4 Å². The van der Waals surface area contributed by atoms with E-state index in [1.54, 1.807) is 0 Å². The molecule has 1 saturated heterocycles. The van der Waals surface area contributed by atoms with Crippen molar-refractivity contribution in [2.75, 3.05) is 0 Å². The van der Waals surface area contributed by atoms with Gasteiger partial charge in [-0.3, -0.25) is 14.4 Å². The zero-order chi connectivity index (χ0) is 13.6. The third-order valence-corrected chi connectivity index (χ3v) is 3.86. The minimum Gasteiger partial charge on any atom is -0.318 e. The molecule has 6 heteroatoms. The van der Waals surface area contributed by atoms with Gasteiger partial charge in [-0.1, -0.05) is 0 Å². The molecule has 2 atom stereocenters. The van der Waals surface area contributed by atoms with E-state index < -0.39 is 12.1 Å². The van der Waals surface area contributed by atoms with Crippen LogP contribution in [0.1, 0.15) is 46.9 Å². The molecule has 1 fully saturated rings. The Balaban J connectivity index is 2.12. The van der Waals surface area contributed by atoms with Crippen LogP contribution in [0.4, 0.5) is 0 Å². The van der Waals surface area contributed by atoms with Crippen LogP contribution in [0.2, 0.25) is 0 Å². The summed E-state index contributed by atoms with van der Waals surface area (Å²) in [4.78, 5) is 38.0. The van der Waals surface area contributed by atoms with Crippen LogP contribution in [-0.4, -0.2) is 44.7 Å². The summed E-state index contributed by atoms with van der Waals surface area (Å²) in [5.74, 6) is -0.485. The van der Waals surface area contributed by atoms with E-state index in [1.807, 2.05) is 0 Å². The molecule has 0 saturated carbocycles. The van der Waals surface area contributed by atoms with Gasteiger partial charge < -0.3 is 4.90 Å². The number of amides is 1. The minimum atomic E-state index is -0.521. The maximum absolute atomic E-state index is 12.5. The van der Waals surface area contributed by atoms with Crippen molar-refractivity contribution in [2.45, 2.75) is 38.3 Å². The van der Waals surface area contributed by atoms with Gasteiger partial charge in [0.1, 0.15) is 0 Å². The highest BCUT2D eigenvalue weighted by Crippen LogP contribution is 2.32. The van der Waals surface area contributed by atoms with E-state index >= 15 is 0 Å². The van der Waals surface area contributed by atoms with Gasteiger partial charge in [-0.05, 0) is 26.2 Å². The fraction of sp³-hybridized carbons (Fsp3) is 0.462. The number of carbonyl (C=O) groups is 3. The van der Waals surface area contributed by atoms with Gasteiger partial charge in [0.25, 0.3) is 5.91 Å². The van der Waals surface area contributed by atoms with Gasteiger partial charge in [0.2, 0.25) is 0 Å². The van der Waals surface area contributed by atoms with Crippen LogP contribution >= 0.6 is 0 Å². The molecule has 0 aromatic carbocycles. The summed E-state index contributed by atoms with van der Waals surface area (Å²) in [6, 6.07) is -1.01. The van der Waals surface area contributed by atoms with E-state index in [2.05, 4.69) is 10.2 Å². The molecule has 0 spiro atoms. The van der Waals surface area contributed by atoms with E-state index in [-0.39, 0.29) is 23.0 Å². The van der Waals surface area contributed by atoms with Gasteiger partial charge in [-0.2, -0.15) is 10.2 Å². The Labute approximate surface area is 109 Å². The van der Waals surface area contributed by atoms with Crippen molar-refractivity contribution in [3.05, 3.63) is 23.5 Å². The number of nitrogens with zero attached hydrogens (tertiary/aromatic N) is 3. The molecule has 2 unspecified atom stereocenters. The third kappa shape index (κ3) is 1.67. The first-order chi connectivity index (χ1) is 9.11. The molecule has 3 heterocycles. The molecule has 2 aliphatic rings. The monoisotopic (exact) mass is 259 g/mol. The van der Waals surface area contributed by atoms with E-state index in [1.165, 1.54) is 24.2 Å². The predicted molar refractivity (Wildman–Crippen MR) is 64.6 cm³/mol. The topological polar surface area (TPSA) is 80.2 Å². The van der Waals surface area contributed by atoms with Gasteiger partial charge in [-0.15, -0.1) is 0 Å². The van der Waals surface area contributed by atoms with Gasteiger partial charge in [0, 0.05) is 0 Å². The van der Waals surface area contributed by atoms with Gasteiger partial charge in [0.15, 0.2) is 11.6 Å². The molecule has 0 aliphatic carbocycles. The van der Waals surface area contributed by atoms with Crippen molar-refractivity contribution in [2.24, 2.45) is 0 Å². The summed E-state index contributed by atoms with van der Waals surface area (Å²) >= 11 is 0. The van der Waals surface area contributed by atoms with Crippen LogP contribution in [0.25, 0.3) is 0 Å². The Morgan fingerprint density at radius 1 is 1.21 bits per heavy atom. The number of rotatable bonds is 1. The normalized spacial score (nSPS) is 25.8.